The molecule has 0 aromatic carbocycles. The molecule has 1 nitrogen and oxygen atoms in total. The van der Waals surface area contributed by atoms with E-state index in [1.54, 1.807) is 0 Å². The summed E-state index contributed by atoms with van der Waals surface area (Å²) in [6.07, 6.45) is 37.3. The number of allylic oxidation sites excluding steroid dienone is 20. The molecule has 1 unspecified atom stereocenters. The van der Waals surface area contributed by atoms with E-state index in [4.69, 9.17) is 0 Å². The van der Waals surface area contributed by atoms with Gasteiger partial charge in [0.05, 0.1) is 0 Å². The van der Waals surface area contributed by atoms with Crippen molar-refractivity contribution in [3.8, 4) is 0 Å². The van der Waals surface area contributed by atoms with Gasteiger partial charge in [0.15, 0.2) is 0 Å². The summed E-state index contributed by atoms with van der Waals surface area (Å²) in [4.78, 5) is 11.9. The van der Waals surface area contributed by atoms with Crippen LogP contribution in [0.1, 0.15) is 100 Å². The minimum atomic E-state index is -0.316. The van der Waals surface area contributed by atoms with Crippen molar-refractivity contribution < 1.29 is 4.79 Å². The minimum Gasteiger partial charge on any atom is -0.298 e. The summed E-state index contributed by atoms with van der Waals surface area (Å²) in [5.74, 6) is 0. The fraction of sp³-hybridized carbons (Fsp3) is 0.462. The summed E-state index contributed by atoms with van der Waals surface area (Å²) < 4.78 is 0. The van der Waals surface area contributed by atoms with E-state index in [0.29, 0.717) is 0 Å². The molecule has 0 bridgehead atoms. The van der Waals surface area contributed by atoms with E-state index in [0.717, 1.165) is 18.3 Å². The summed E-state index contributed by atoms with van der Waals surface area (Å²) in [7, 11) is 0. The number of hydrogen-bond donors (Lipinski definition) is 0. The van der Waals surface area contributed by atoms with Crippen LogP contribution in [0.25, 0.3) is 0 Å². The first-order valence-electron chi connectivity index (χ1n) is 15.2. The van der Waals surface area contributed by atoms with Crippen LogP contribution in [0.4, 0.5) is 0 Å². The lowest BCUT2D eigenvalue weighted by molar-refractivity contribution is -0.105. The molecule has 0 N–H and O–H groups in total. The summed E-state index contributed by atoms with van der Waals surface area (Å²) in [5.41, 5.74) is 9.50. The average Bonchev–Trinajstić information content (AvgIpc) is 2.86. The number of carbonyl (C=O) groups is 1. The number of aldehydes is 1. The molecule has 0 saturated carbocycles. The molecule has 3 rings (SSSR count). The predicted octanol–water partition coefficient (Wildman–Crippen LogP) is 11.2. The molecule has 1 heteroatoms. The molecule has 0 saturated heterocycles. The van der Waals surface area contributed by atoms with Crippen LogP contribution in [0, 0.1) is 16.2 Å². The van der Waals surface area contributed by atoms with Gasteiger partial charge in [0.1, 0.15) is 6.29 Å². The SMILES string of the molecule is CC1=C(/C=C/C=C/C=C/C2(C)CC(/C=C/C=C(C)\C=C\C3=C(C)CCCC3(C)C)=CC=C2C=O)C(C)(C)CCC1. The van der Waals surface area contributed by atoms with E-state index < -0.39 is 0 Å². The van der Waals surface area contributed by atoms with E-state index in [1.165, 1.54) is 72.0 Å². The van der Waals surface area contributed by atoms with Crippen molar-refractivity contribution in [1.29, 1.82) is 0 Å². The van der Waals surface area contributed by atoms with Gasteiger partial charge in [-0.15, -0.1) is 0 Å². The predicted molar refractivity (Wildman–Crippen MR) is 175 cm³/mol. The summed E-state index contributed by atoms with van der Waals surface area (Å²) >= 11 is 0. The Morgan fingerprint density at radius 3 is 1.95 bits per heavy atom. The topological polar surface area (TPSA) is 17.1 Å². The van der Waals surface area contributed by atoms with Crippen molar-refractivity contribution in [1.82, 2.24) is 0 Å². The first kappa shape index (κ1) is 31.6. The highest BCUT2D eigenvalue weighted by Crippen LogP contribution is 2.42. The van der Waals surface area contributed by atoms with Gasteiger partial charge in [-0.1, -0.05) is 130 Å². The van der Waals surface area contributed by atoms with Crippen LogP contribution >= 0.6 is 0 Å². The van der Waals surface area contributed by atoms with Crippen LogP contribution in [0.5, 0.6) is 0 Å². The van der Waals surface area contributed by atoms with Crippen LogP contribution in [0.15, 0.2) is 118 Å². The lowest BCUT2D eigenvalue weighted by atomic mass is 9.72. The van der Waals surface area contributed by atoms with E-state index in [2.05, 4.69) is 128 Å². The Balaban J connectivity index is 1.64. The third-order valence-corrected chi connectivity index (χ3v) is 9.16. The molecule has 0 amide bonds. The molecule has 0 spiro atoms. The first-order valence-corrected chi connectivity index (χ1v) is 15.2. The molecule has 0 heterocycles. The molecule has 0 aromatic rings. The highest BCUT2D eigenvalue weighted by atomic mass is 16.1. The Labute approximate surface area is 245 Å². The monoisotopic (exact) mass is 536 g/mol. The summed E-state index contributed by atoms with van der Waals surface area (Å²) in [5, 5.41) is 0. The Morgan fingerprint density at radius 2 is 1.35 bits per heavy atom. The summed E-state index contributed by atoms with van der Waals surface area (Å²) in [6.45, 7) is 18.3. The van der Waals surface area contributed by atoms with Crippen molar-refractivity contribution >= 4 is 6.29 Å². The highest BCUT2D eigenvalue weighted by molar-refractivity contribution is 5.78. The molecule has 3 aliphatic carbocycles. The van der Waals surface area contributed by atoms with Crippen molar-refractivity contribution in [2.24, 2.45) is 16.2 Å². The normalized spacial score (nSPS) is 26.1. The average molecular weight is 537 g/mol. The Kier molecular flexibility index (Phi) is 10.8. The second kappa shape index (κ2) is 13.6. The van der Waals surface area contributed by atoms with Gasteiger partial charge in [-0.2, -0.15) is 0 Å². The zero-order chi connectivity index (χ0) is 29.4. The van der Waals surface area contributed by atoms with Crippen LogP contribution in [0.3, 0.4) is 0 Å². The Hall–Kier alpha value is -2.93. The van der Waals surface area contributed by atoms with Crippen molar-refractivity contribution in [2.45, 2.75) is 100 Å². The van der Waals surface area contributed by atoms with Gasteiger partial charge in [-0.05, 0) is 93.3 Å². The van der Waals surface area contributed by atoms with Gasteiger partial charge in [-0.25, -0.2) is 0 Å². The molecule has 214 valence electrons. The van der Waals surface area contributed by atoms with E-state index in [1.807, 2.05) is 6.08 Å². The van der Waals surface area contributed by atoms with Gasteiger partial charge in [0.2, 0.25) is 0 Å². The van der Waals surface area contributed by atoms with E-state index in [9.17, 15) is 4.79 Å². The fourth-order valence-electron chi connectivity index (χ4n) is 6.58. The first-order chi connectivity index (χ1) is 18.9. The maximum absolute atomic E-state index is 11.9. The van der Waals surface area contributed by atoms with Crippen molar-refractivity contribution in [3.63, 3.8) is 0 Å². The third kappa shape index (κ3) is 8.29. The van der Waals surface area contributed by atoms with Crippen molar-refractivity contribution in [3.05, 3.63) is 118 Å². The van der Waals surface area contributed by atoms with Crippen LogP contribution < -0.4 is 0 Å². The molecule has 1 atom stereocenters. The molecule has 40 heavy (non-hydrogen) atoms. The second-order valence-corrected chi connectivity index (χ2v) is 13.6. The molecule has 3 aliphatic rings. The third-order valence-electron chi connectivity index (χ3n) is 9.16. The number of rotatable bonds is 9. The van der Waals surface area contributed by atoms with Crippen LogP contribution in [-0.2, 0) is 4.79 Å². The Morgan fingerprint density at radius 1 is 0.750 bits per heavy atom. The van der Waals surface area contributed by atoms with Gasteiger partial charge in [0, 0.05) is 11.0 Å². The lowest BCUT2D eigenvalue weighted by Gasteiger charge is -2.32. The van der Waals surface area contributed by atoms with Gasteiger partial charge >= 0.3 is 0 Å². The molecule has 0 fully saturated rings. The molecule has 0 radical (unpaired) electrons. The second-order valence-electron chi connectivity index (χ2n) is 13.6. The number of hydrogen-bond acceptors (Lipinski definition) is 1. The Bertz CT molecular complexity index is 1260. The highest BCUT2D eigenvalue weighted by Gasteiger charge is 2.29. The quantitative estimate of drug-likeness (QED) is 0.211. The molecule has 0 aromatic heterocycles. The smallest absolute Gasteiger partial charge is 0.146 e. The van der Waals surface area contributed by atoms with Gasteiger partial charge < -0.3 is 0 Å². The maximum Gasteiger partial charge on any atom is 0.146 e. The van der Waals surface area contributed by atoms with Gasteiger partial charge in [0.25, 0.3) is 0 Å². The zero-order valence-corrected chi connectivity index (χ0v) is 26.4. The maximum atomic E-state index is 11.9. The van der Waals surface area contributed by atoms with Crippen LogP contribution in [-0.4, -0.2) is 6.29 Å². The zero-order valence-electron chi connectivity index (χ0n) is 26.4. The molecule has 0 aliphatic heterocycles. The van der Waals surface area contributed by atoms with Gasteiger partial charge in [-0.3, -0.25) is 4.79 Å². The summed E-state index contributed by atoms with van der Waals surface area (Å²) in [6, 6.07) is 0. The fourth-order valence-corrected chi connectivity index (χ4v) is 6.58. The van der Waals surface area contributed by atoms with Crippen molar-refractivity contribution in [2.75, 3.05) is 0 Å². The molecular formula is C39H52O. The largest absolute Gasteiger partial charge is 0.298 e. The van der Waals surface area contributed by atoms with Crippen LogP contribution in [0.2, 0.25) is 0 Å². The minimum absolute atomic E-state index is 0.255. The lowest BCUT2D eigenvalue weighted by Crippen LogP contribution is -2.20. The molecular weight excluding hydrogens is 484 g/mol. The standard InChI is InChI=1S/C39H52O/c1-30(21-24-36-32(3)18-15-26-38(36,6)7)16-13-19-33-22-23-34(29-40)39(8,28-33)27-12-10-9-11-20-35-31(2)17-14-25-37(35,4)5/h9-13,16,19-24,27,29H,14-15,17-18,25-26,28H2,1-8H3/b10-9+,19-13+,20-11+,24-21+,27-12+,30-16-. The number of carbonyl (C=O) groups excluding carboxylic acids is 1. The van der Waals surface area contributed by atoms with E-state index >= 15 is 0 Å². The van der Waals surface area contributed by atoms with E-state index in [-0.39, 0.29) is 16.2 Å².